The molecule has 0 radical (unpaired) electrons. The third kappa shape index (κ3) is 4.20. The van der Waals surface area contributed by atoms with Gasteiger partial charge in [0.1, 0.15) is 5.84 Å². The average molecular weight is 404 g/mol. The Hall–Kier alpha value is -1.98. The number of likely N-dealkylation sites (tertiary alicyclic amines) is 1. The first kappa shape index (κ1) is 19.3. The molecule has 2 aromatic rings. The molecule has 0 aliphatic carbocycles. The van der Waals surface area contributed by atoms with Crippen molar-refractivity contribution in [3.63, 3.8) is 0 Å². The lowest BCUT2D eigenvalue weighted by Gasteiger charge is -2.45. The first-order chi connectivity index (χ1) is 13.5. The average Bonchev–Trinajstić information content (AvgIpc) is 2.68. The number of hydrogen-bond acceptors (Lipinski definition) is 2. The Morgan fingerprint density at radius 1 is 1.11 bits per heavy atom. The van der Waals surface area contributed by atoms with Crippen molar-refractivity contribution in [2.75, 3.05) is 25.0 Å². The van der Waals surface area contributed by atoms with Gasteiger partial charge in [0.25, 0.3) is 6.43 Å². The molecule has 1 saturated heterocycles. The van der Waals surface area contributed by atoms with E-state index in [1.165, 1.54) is 5.56 Å². The zero-order chi connectivity index (χ0) is 19.6. The third-order valence-electron chi connectivity index (χ3n) is 5.82. The number of piperidine rings is 1. The van der Waals surface area contributed by atoms with Crippen molar-refractivity contribution in [3.05, 3.63) is 64.7 Å². The second-order valence-electron chi connectivity index (χ2n) is 7.73. The first-order valence-corrected chi connectivity index (χ1v) is 10.1. The van der Waals surface area contributed by atoms with Gasteiger partial charge in [0.15, 0.2) is 0 Å². The highest BCUT2D eigenvalue weighted by atomic mass is 35.5. The summed E-state index contributed by atoms with van der Waals surface area (Å²) in [5, 5.41) is 4.25. The van der Waals surface area contributed by atoms with Crippen molar-refractivity contribution < 1.29 is 8.78 Å². The Kier molecular flexibility index (Phi) is 5.65. The SMILES string of the molecule is FC(F)CN1CCC2(CC1)Cc1ccccc1NC2=NCc1cccc(Cl)c1. The van der Waals surface area contributed by atoms with Gasteiger partial charge >= 0.3 is 0 Å². The number of anilines is 1. The lowest BCUT2D eigenvalue weighted by molar-refractivity contribution is 0.0601. The lowest BCUT2D eigenvalue weighted by Crippen LogP contribution is -2.50. The summed E-state index contributed by atoms with van der Waals surface area (Å²) in [5.41, 5.74) is 3.30. The highest BCUT2D eigenvalue weighted by molar-refractivity contribution is 6.30. The summed E-state index contributed by atoms with van der Waals surface area (Å²) in [6, 6.07) is 16.0. The highest BCUT2D eigenvalue weighted by Gasteiger charge is 2.42. The second kappa shape index (κ2) is 8.18. The zero-order valence-corrected chi connectivity index (χ0v) is 16.4. The Labute approximate surface area is 169 Å². The standard InChI is InChI=1S/C22H24ClF2N3/c23-18-6-3-4-16(12-18)14-26-21-22(8-10-28(11-9-22)15-20(24)25)13-17-5-1-2-7-19(17)27-21/h1-7,12,20H,8-11,13-15H2,(H,26,27). The second-order valence-corrected chi connectivity index (χ2v) is 8.16. The van der Waals surface area contributed by atoms with Crippen LogP contribution in [-0.4, -0.2) is 36.8 Å². The molecule has 2 heterocycles. The number of nitrogens with one attached hydrogen (secondary N) is 1. The molecular formula is C22H24ClF2N3. The maximum absolute atomic E-state index is 12.8. The minimum Gasteiger partial charge on any atom is -0.343 e. The van der Waals surface area contributed by atoms with E-state index >= 15 is 0 Å². The van der Waals surface area contributed by atoms with Gasteiger partial charge in [0.2, 0.25) is 0 Å². The zero-order valence-electron chi connectivity index (χ0n) is 15.7. The van der Waals surface area contributed by atoms with Crippen LogP contribution in [0.15, 0.2) is 53.5 Å². The molecule has 6 heteroatoms. The molecule has 0 atom stereocenters. The number of rotatable bonds is 4. The summed E-state index contributed by atoms with van der Waals surface area (Å²) in [7, 11) is 0. The quantitative estimate of drug-likeness (QED) is 0.754. The summed E-state index contributed by atoms with van der Waals surface area (Å²) in [4.78, 5) is 6.80. The molecule has 1 fully saturated rings. The molecule has 2 aromatic carbocycles. The normalized spacial score (nSPS) is 20.4. The molecule has 2 aliphatic rings. The number of alkyl halides is 2. The Bertz CT molecular complexity index is 860. The summed E-state index contributed by atoms with van der Waals surface area (Å²) >= 11 is 6.10. The maximum atomic E-state index is 12.8. The van der Waals surface area contributed by atoms with E-state index in [4.69, 9.17) is 16.6 Å². The molecule has 1 N–H and O–H groups in total. The van der Waals surface area contributed by atoms with Gasteiger partial charge in [-0.25, -0.2) is 8.78 Å². The van der Waals surface area contributed by atoms with Crippen molar-refractivity contribution >= 4 is 23.1 Å². The van der Waals surface area contributed by atoms with E-state index in [9.17, 15) is 8.78 Å². The Balaban J connectivity index is 1.59. The molecule has 4 rings (SSSR count). The topological polar surface area (TPSA) is 27.6 Å². The summed E-state index contributed by atoms with van der Waals surface area (Å²) < 4.78 is 25.6. The number of halogens is 3. The van der Waals surface area contributed by atoms with Gasteiger partial charge in [-0.05, 0) is 61.7 Å². The van der Waals surface area contributed by atoms with Crippen LogP contribution in [0, 0.1) is 5.41 Å². The molecule has 148 valence electrons. The largest absolute Gasteiger partial charge is 0.343 e. The van der Waals surface area contributed by atoms with Crippen molar-refractivity contribution in [2.45, 2.75) is 32.2 Å². The van der Waals surface area contributed by atoms with Gasteiger partial charge in [-0.2, -0.15) is 0 Å². The molecular weight excluding hydrogens is 380 g/mol. The molecule has 0 unspecified atom stereocenters. The number of fused-ring (bicyclic) bond motifs is 1. The molecule has 0 saturated carbocycles. The van der Waals surface area contributed by atoms with Crippen LogP contribution in [0.2, 0.25) is 5.02 Å². The summed E-state index contributed by atoms with van der Waals surface area (Å²) in [6.45, 7) is 1.75. The van der Waals surface area contributed by atoms with Crippen LogP contribution in [0.1, 0.15) is 24.0 Å². The van der Waals surface area contributed by atoms with Crippen molar-refractivity contribution in [1.82, 2.24) is 4.90 Å². The van der Waals surface area contributed by atoms with Gasteiger partial charge in [-0.1, -0.05) is 41.9 Å². The van der Waals surface area contributed by atoms with Crippen LogP contribution in [0.3, 0.4) is 0 Å². The van der Waals surface area contributed by atoms with Gasteiger partial charge in [-0.15, -0.1) is 0 Å². The summed E-state index contributed by atoms with van der Waals surface area (Å²) in [6.07, 6.45) is 0.271. The smallest absolute Gasteiger partial charge is 0.251 e. The minimum absolute atomic E-state index is 0.119. The molecule has 0 aromatic heterocycles. The van der Waals surface area contributed by atoms with E-state index in [2.05, 4.69) is 17.4 Å². The molecule has 2 aliphatic heterocycles. The number of nitrogens with zero attached hydrogens (tertiary/aromatic N) is 2. The Morgan fingerprint density at radius 2 is 1.89 bits per heavy atom. The predicted molar refractivity (Wildman–Crippen MR) is 110 cm³/mol. The van der Waals surface area contributed by atoms with E-state index in [-0.39, 0.29) is 12.0 Å². The molecule has 1 spiro atoms. The van der Waals surface area contributed by atoms with Crippen LogP contribution in [0.4, 0.5) is 14.5 Å². The van der Waals surface area contributed by atoms with Gasteiger partial charge in [0, 0.05) is 16.1 Å². The molecule has 3 nitrogen and oxygen atoms in total. The van der Waals surface area contributed by atoms with Crippen LogP contribution in [0.5, 0.6) is 0 Å². The van der Waals surface area contributed by atoms with E-state index in [0.29, 0.717) is 24.7 Å². The minimum atomic E-state index is -2.28. The molecule has 28 heavy (non-hydrogen) atoms. The van der Waals surface area contributed by atoms with Crippen molar-refractivity contribution in [3.8, 4) is 0 Å². The first-order valence-electron chi connectivity index (χ1n) is 9.69. The fourth-order valence-electron chi connectivity index (χ4n) is 4.29. The Morgan fingerprint density at radius 3 is 2.64 bits per heavy atom. The number of hydrogen-bond donors (Lipinski definition) is 1. The maximum Gasteiger partial charge on any atom is 0.251 e. The molecule has 0 amide bonds. The van der Waals surface area contributed by atoms with Crippen LogP contribution in [0.25, 0.3) is 0 Å². The highest BCUT2D eigenvalue weighted by Crippen LogP contribution is 2.42. The van der Waals surface area contributed by atoms with Crippen LogP contribution >= 0.6 is 11.6 Å². The van der Waals surface area contributed by atoms with Crippen LogP contribution < -0.4 is 5.32 Å². The lowest BCUT2D eigenvalue weighted by atomic mass is 9.70. The monoisotopic (exact) mass is 403 g/mol. The van der Waals surface area contributed by atoms with Gasteiger partial charge in [0.05, 0.1) is 13.1 Å². The van der Waals surface area contributed by atoms with Gasteiger partial charge in [-0.3, -0.25) is 9.89 Å². The summed E-state index contributed by atoms with van der Waals surface area (Å²) in [5.74, 6) is 0.975. The van der Waals surface area contributed by atoms with Gasteiger partial charge < -0.3 is 5.32 Å². The van der Waals surface area contributed by atoms with Crippen molar-refractivity contribution in [2.24, 2.45) is 10.4 Å². The van der Waals surface area contributed by atoms with E-state index in [1.807, 2.05) is 41.3 Å². The molecule has 0 bridgehead atoms. The predicted octanol–water partition coefficient (Wildman–Crippen LogP) is 5.25. The number of amidine groups is 1. The number of aliphatic imine (C=N–C) groups is 1. The van der Waals surface area contributed by atoms with Crippen molar-refractivity contribution in [1.29, 1.82) is 0 Å². The third-order valence-corrected chi connectivity index (χ3v) is 6.05. The fraction of sp³-hybridized carbons (Fsp3) is 0.409. The van der Waals surface area contributed by atoms with E-state index in [0.717, 1.165) is 36.3 Å². The van der Waals surface area contributed by atoms with E-state index in [1.54, 1.807) is 0 Å². The van der Waals surface area contributed by atoms with Crippen LogP contribution in [-0.2, 0) is 13.0 Å². The number of benzene rings is 2. The number of para-hydroxylation sites is 1. The fourth-order valence-corrected chi connectivity index (χ4v) is 4.50. The van der Waals surface area contributed by atoms with E-state index < -0.39 is 6.43 Å².